The van der Waals surface area contributed by atoms with Gasteiger partial charge >= 0.3 is 0 Å². The lowest BCUT2D eigenvalue weighted by Gasteiger charge is -2.36. The number of nitrogens with zero attached hydrogens (tertiary/aromatic N) is 1. The zero-order chi connectivity index (χ0) is 10.8. The third kappa shape index (κ3) is 2.45. The smallest absolute Gasteiger partial charge is 0.242 e. The Balaban J connectivity index is 2.78. The minimum absolute atomic E-state index is 0.0116. The van der Waals surface area contributed by atoms with E-state index in [2.05, 4.69) is 5.32 Å². The van der Waals surface area contributed by atoms with E-state index in [0.29, 0.717) is 0 Å². The molecular formula is C10H20N2O2. The van der Waals surface area contributed by atoms with E-state index < -0.39 is 6.04 Å². The van der Waals surface area contributed by atoms with Crippen molar-refractivity contribution in [3.63, 3.8) is 0 Å². The number of aliphatic hydroxyl groups excluding tert-OH is 1. The van der Waals surface area contributed by atoms with Crippen LogP contribution in [0.25, 0.3) is 0 Å². The summed E-state index contributed by atoms with van der Waals surface area (Å²) >= 11 is 0. The fraction of sp³-hybridized carbons (Fsp3) is 0.900. The SMILES string of the molecule is CC(C)(C)N1CCCNC(CO)C1=O. The van der Waals surface area contributed by atoms with Crippen molar-refractivity contribution in [3.8, 4) is 0 Å². The third-order valence-electron chi connectivity index (χ3n) is 2.51. The first-order valence-corrected chi connectivity index (χ1v) is 5.12. The number of aliphatic hydroxyl groups is 1. The summed E-state index contributed by atoms with van der Waals surface area (Å²) in [7, 11) is 0. The predicted octanol–water partition coefficient (Wildman–Crippen LogP) is -0.0323. The first-order chi connectivity index (χ1) is 6.46. The summed E-state index contributed by atoms with van der Waals surface area (Å²) in [5.41, 5.74) is -0.156. The van der Waals surface area contributed by atoms with Crippen LogP contribution in [0.3, 0.4) is 0 Å². The van der Waals surface area contributed by atoms with Crippen molar-refractivity contribution in [3.05, 3.63) is 0 Å². The molecule has 82 valence electrons. The van der Waals surface area contributed by atoms with Crippen LogP contribution in [-0.2, 0) is 4.79 Å². The maximum atomic E-state index is 11.9. The number of carbonyl (C=O) groups is 1. The molecule has 1 amide bonds. The van der Waals surface area contributed by atoms with Gasteiger partial charge < -0.3 is 15.3 Å². The first-order valence-electron chi connectivity index (χ1n) is 5.12. The Kier molecular flexibility index (Phi) is 3.50. The van der Waals surface area contributed by atoms with Crippen LogP contribution in [0, 0.1) is 0 Å². The molecule has 0 saturated carbocycles. The Morgan fingerprint density at radius 2 is 2.21 bits per heavy atom. The fourth-order valence-electron chi connectivity index (χ4n) is 1.71. The van der Waals surface area contributed by atoms with Crippen LogP contribution in [0.2, 0.25) is 0 Å². The van der Waals surface area contributed by atoms with Gasteiger partial charge in [-0.15, -0.1) is 0 Å². The van der Waals surface area contributed by atoms with Crippen molar-refractivity contribution in [2.45, 2.75) is 38.8 Å². The van der Waals surface area contributed by atoms with E-state index in [1.807, 2.05) is 25.7 Å². The van der Waals surface area contributed by atoms with E-state index >= 15 is 0 Å². The van der Waals surface area contributed by atoms with Crippen molar-refractivity contribution in [1.29, 1.82) is 0 Å². The van der Waals surface area contributed by atoms with Crippen molar-refractivity contribution < 1.29 is 9.90 Å². The van der Waals surface area contributed by atoms with Gasteiger partial charge in [-0.05, 0) is 33.7 Å². The molecule has 1 unspecified atom stereocenters. The fourth-order valence-corrected chi connectivity index (χ4v) is 1.71. The predicted molar refractivity (Wildman–Crippen MR) is 55.0 cm³/mol. The molecule has 0 aromatic rings. The van der Waals surface area contributed by atoms with Gasteiger partial charge in [0.2, 0.25) is 5.91 Å². The normalized spacial score (nSPS) is 25.0. The van der Waals surface area contributed by atoms with Gasteiger partial charge in [-0.3, -0.25) is 4.79 Å². The summed E-state index contributed by atoms with van der Waals surface area (Å²) < 4.78 is 0. The van der Waals surface area contributed by atoms with Crippen LogP contribution in [0.1, 0.15) is 27.2 Å². The van der Waals surface area contributed by atoms with Gasteiger partial charge in [0.25, 0.3) is 0 Å². The molecule has 2 N–H and O–H groups in total. The van der Waals surface area contributed by atoms with Crippen LogP contribution in [0.4, 0.5) is 0 Å². The van der Waals surface area contributed by atoms with Gasteiger partial charge in [0, 0.05) is 12.1 Å². The number of amides is 1. The minimum atomic E-state index is -0.420. The molecule has 4 heteroatoms. The first kappa shape index (κ1) is 11.5. The number of hydrogen-bond donors (Lipinski definition) is 2. The molecule has 0 spiro atoms. The molecule has 0 aromatic heterocycles. The third-order valence-corrected chi connectivity index (χ3v) is 2.51. The van der Waals surface area contributed by atoms with Gasteiger partial charge in [-0.2, -0.15) is 0 Å². The summed E-state index contributed by atoms with van der Waals surface area (Å²) in [4.78, 5) is 13.8. The Hall–Kier alpha value is -0.610. The molecule has 1 atom stereocenters. The number of hydrogen-bond acceptors (Lipinski definition) is 3. The molecular weight excluding hydrogens is 180 g/mol. The molecule has 1 rings (SSSR count). The molecule has 1 saturated heterocycles. The lowest BCUT2D eigenvalue weighted by atomic mass is 10.0. The van der Waals surface area contributed by atoms with Crippen LogP contribution in [0.5, 0.6) is 0 Å². The summed E-state index contributed by atoms with van der Waals surface area (Å²) in [6, 6.07) is -0.420. The summed E-state index contributed by atoms with van der Waals surface area (Å²) in [5, 5.41) is 12.1. The largest absolute Gasteiger partial charge is 0.394 e. The van der Waals surface area contributed by atoms with E-state index in [9.17, 15) is 4.79 Å². The molecule has 0 radical (unpaired) electrons. The lowest BCUT2D eigenvalue weighted by molar-refractivity contribution is -0.138. The van der Waals surface area contributed by atoms with Gasteiger partial charge in [0.15, 0.2) is 0 Å². The summed E-state index contributed by atoms with van der Waals surface area (Å²) in [6.45, 7) is 7.50. The van der Waals surface area contributed by atoms with Crippen LogP contribution < -0.4 is 5.32 Å². The topological polar surface area (TPSA) is 52.6 Å². The van der Waals surface area contributed by atoms with Crippen molar-refractivity contribution in [2.24, 2.45) is 0 Å². The Morgan fingerprint density at radius 1 is 1.57 bits per heavy atom. The maximum absolute atomic E-state index is 11.9. The quantitative estimate of drug-likeness (QED) is 0.625. The Morgan fingerprint density at radius 3 is 2.71 bits per heavy atom. The van der Waals surface area contributed by atoms with Gasteiger partial charge in [-0.25, -0.2) is 0 Å². The highest BCUT2D eigenvalue weighted by Gasteiger charge is 2.32. The average molecular weight is 200 g/mol. The number of carbonyl (C=O) groups excluding carboxylic acids is 1. The highest BCUT2D eigenvalue weighted by atomic mass is 16.3. The molecule has 0 bridgehead atoms. The van der Waals surface area contributed by atoms with Crippen LogP contribution in [-0.4, -0.2) is 47.2 Å². The summed E-state index contributed by atoms with van der Waals surface area (Å²) in [6.07, 6.45) is 0.944. The van der Waals surface area contributed by atoms with Gasteiger partial charge in [0.05, 0.1) is 6.61 Å². The van der Waals surface area contributed by atoms with Crippen molar-refractivity contribution >= 4 is 5.91 Å². The highest BCUT2D eigenvalue weighted by Crippen LogP contribution is 2.16. The molecule has 1 fully saturated rings. The second-order valence-electron chi connectivity index (χ2n) is 4.70. The van der Waals surface area contributed by atoms with Crippen molar-refractivity contribution in [2.75, 3.05) is 19.7 Å². The van der Waals surface area contributed by atoms with E-state index in [4.69, 9.17) is 5.11 Å². The van der Waals surface area contributed by atoms with Crippen LogP contribution >= 0.6 is 0 Å². The molecule has 1 heterocycles. The highest BCUT2D eigenvalue weighted by molar-refractivity contribution is 5.83. The molecule has 0 aromatic carbocycles. The Labute approximate surface area is 85.3 Å². The molecule has 1 aliphatic heterocycles. The van der Waals surface area contributed by atoms with E-state index in [1.54, 1.807) is 0 Å². The second-order valence-corrected chi connectivity index (χ2v) is 4.70. The van der Waals surface area contributed by atoms with Gasteiger partial charge in [0.1, 0.15) is 6.04 Å². The van der Waals surface area contributed by atoms with Crippen molar-refractivity contribution in [1.82, 2.24) is 10.2 Å². The standard InChI is InChI=1S/C10H20N2O2/c1-10(2,3)12-6-4-5-11-8(7-13)9(12)14/h8,11,13H,4-7H2,1-3H3. The molecule has 14 heavy (non-hydrogen) atoms. The monoisotopic (exact) mass is 200 g/mol. The van der Waals surface area contributed by atoms with Crippen LogP contribution in [0.15, 0.2) is 0 Å². The summed E-state index contributed by atoms with van der Waals surface area (Å²) in [5.74, 6) is 0.0116. The second kappa shape index (κ2) is 4.28. The molecule has 4 nitrogen and oxygen atoms in total. The maximum Gasteiger partial charge on any atom is 0.242 e. The molecule has 0 aliphatic carbocycles. The van der Waals surface area contributed by atoms with E-state index in [-0.39, 0.29) is 18.1 Å². The number of nitrogens with one attached hydrogen (secondary N) is 1. The minimum Gasteiger partial charge on any atom is -0.394 e. The van der Waals surface area contributed by atoms with E-state index in [1.165, 1.54) is 0 Å². The zero-order valence-corrected chi connectivity index (χ0v) is 9.21. The molecule has 1 aliphatic rings. The zero-order valence-electron chi connectivity index (χ0n) is 9.21. The van der Waals surface area contributed by atoms with E-state index in [0.717, 1.165) is 19.5 Å². The number of rotatable bonds is 1. The lowest BCUT2D eigenvalue weighted by Crippen LogP contribution is -2.52. The average Bonchev–Trinajstić information content (AvgIpc) is 2.25. The Bertz CT molecular complexity index is 211. The van der Waals surface area contributed by atoms with Gasteiger partial charge in [-0.1, -0.05) is 0 Å².